The lowest BCUT2D eigenvalue weighted by Gasteiger charge is -2.08. The fraction of sp³-hybridized carbons (Fsp3) is 0.133. The second-order valence-corrected chi connectivity index (χ2v) is 5.21. The van der Waals surface area contributed by atoms with Crippen molar-refractivity contribution in [2.24, 2.45) is 0 Å². The predicted molar refractivity (Wildman–Crippen MR) is 71.8 cm³/mol. The smallest absolute Gasteiger partial charge is 0.194 e. The van der Waals surface area contributed by atoms with Gasteiger partial charge in [0.15, 0.2) is 5.78 Å². The summed E-state index contributed by atoms with van der Waals surface area (Å²) in [6.07, 6.45) is 0. The predicted octanol–water partition coefficient (Wildman–Crippen LogP) is 3.02. The topological polar surface area (TPSA) is 37.3 Å². The van der Waals surface area contributed by atoms with E-state index in [2.05, 4.69) is 0 Å². The lowest BCUT2D eigenvalue weighted by Crippen LogP contribution is -2.04. The van der Waals surface area contributed by atoms with E-state index in [1.807, 2.05) is 42.5 Å². The molecule has 2 aromatic rings. The van der Waals surface area contributed by atoms with E-state index in [0.29, 0.717) is 5.56 Å². The third-order valence-corrected chi connectivity index (χ3v) is 4.37. The molecule has 0 spiro atoms. The molecule has 0 saturated carbocycles. The van der Waals surface area contributed by atoms with Crippen LogP contribution in [0.2, 0.25) is 0 Å². The zero-order valence-electron chi connectivity index (χ0n) is 9.72. The summed E-state index contributed by atoms with van der Waals surface area (Å²) in [6, 6.07) is 13.2. The molecule has 1 aliphatic heterocycles. The van der Waals surface area contributed by atoms with Gasteiger partial charge in [0.25, 0.3) is 0 Å². The minimum Gasteiger partial charge on any atom is -0.392 e. The highest BCUT2D eigenvalue weighted by molar-refractivity contribution is 7.98. The average Bonchev–Trinajstić information content (AvgIpc) is 2.57. The minimum absolute atomic E-state index is 0.0280. The van der Waals surface area contributed by atoms with Gasteiger partial charge in [-0.25, -0.2) is 0 Å². The van der Waals surface area contributed by atoms with Crippen LogP contribution < -0.4 is 0 Å². The number of thioether (sulfide) groups is 1. The molecule has 0 bridgehead atoms. The molecule has 3 rings (SSSR count). The molecular formula is C15H12O2S. The normalized spacial score (nSPS) is 13.7. The van der Waals surface area contributed by atoms with Crippen LogP contribution in [0.4, 0.5) is 0 Å². The van der Waals surface area contributed by atoms with Gasteiger partial charge in [0, 0.05) is 21.8 Å². The van der Waals surface area contributed by atoms with Crippen molar-refractivity contribution in [1.29, 1.82) is 0 Å². The summed E-state index contributed by atoms with van der Waals surface area (Å²) in [4.78, 5) is 13.4. The first kappa shape index (κ1) is 11.5. The van der Waals surface area contributed by atoms with E-state index in [1.54, 1.807) is 11.8 Å². The Balaban J connectivity index is 2.21. The Kier molecular flexibility index (Phi) is 2.94. The molecule has 0 aliphatic carbocycles. The number of aliphatic hydroxyl groups excluding tert-OH is 1. The molecule has 0 radical (unpaired) electrons. The van der Waals surface area contributed by atoms with Gasteiger partial charge in [-0.05, 0) is 17.2 Å². The van der Waals surface area contributed by atoms with Crippen molar-refractivity contribution in [3.05, 3.63) is 64.7 Å². The molecule has 90 valence electrons. The standard InChI is InChI=1S/C15H12O2S/c16-8-10-5-3-7-13-14(17)12-6-2-1-4-11(12)9-18-15(10)13/h1-7,16H,8-9H2. The highest BCUT2D eigenvalue weighted by atomic mass is 32.2. The molecule has 1 heterocycles. The third-order valence-electron chi connectivity index (χ3n) is 3.15. The van der Waals surface area contributed by atoms with Gasteiger partial charge in [0.05, 0.1) is 6.61 Å². The van der Waals surface area contributed by atoms with E-state index in [0.717, 1.165) is 27.3 Å². The Hall–Kier alpha value is -1.58. The van der Waals surface area contributed by atoms with E-state index in [1.165, 1.54) is 0 Å². The number of hydrogen-bond acceptors (Lipinski definition) is 3. The Morgan fingerprint density at radius 1 is 1.06 bits per heavy atom. The van der Waals surface area contributed by atoms with Crippen LogP contribution in [-0.2, 0) is 12.4 Å². The van der Waals surface area contributed by atoms with Crippen LogP contribution >= 0.6 is 11.8 Å². The molecule has 1 N–H and O–H groups in total. The van der Waals surface area contributed by atoms with Crippen molar-refractivity contribution in [2.75, 3.05) is 0 Å². The maximum atomic E-state index is 12.5. The van der Waals surface area contributed by atoms with Gasteiger partial charge >= 0.3 is 0 Å². The van der Waals surface area contributed by atoms with Crippen LogP contribution in [0.3, 0.4) is 0 Å². The maximum absolute atomic E-state index is 12.5. The van der Waals surface area contributed by atoms with Crippen LogP contribution in [0.1, 0.15) is 27.0 Å². The molecule has 18 heavy (non-hydrogen) atoms. The molecule has 0 unspecified atom stereocenters. The summed E-state index contributed by atoms with van der Waals surface area (Å²) in [7, 11) is 0. The Morgan fingerprint density at radius 2 is 1.83 bits per heavy atom. The van der Waals surface area contributed by atoms with Crippen molar-refractivity contribution in [2.45, 2.75) is 17.3 Å². The average molecular weight is 256 g/mol. The van der Waals surface area contributed by atoms with Gasteiger partial charge in [-0.1, -0.05) is 36.4 Å². The van der Waals surface area contributed by atoms with Crippen LogP contribution in [-0.4, -0.2) is 10.9 Å². The first-order valence-electron chi connectivity index (χ1n) is 5.79. The quantitative estimate of drug-likeness (QED) is 0.852. The number of carbonyl (C=O) groups is 1. The van der Waals surface area contributed by atoms with E-state index < -0.39 is 0 Å². The van der Waals surface area contributed by atoms with Gasteiger partial charge in [0.2, 0.25) is 0 Å². The van der Waals surface area contributed by atoms with Crippen LogP contribution in [0.5, 0.6) is 0 Å². The van der Waals surface area contributed by atoms with Crippen molar-refractivity contribution in [1.82, 2.24) is 0 Å². The molecule has 0 saturated heterocycles. The number of rotatable bonds is 1. The largest absolute Gasteiger partial charge is 0.392 e. The lowest BCUT2D eigenvalue weighted by atomic mass is 9.98. The fourth-order valence-corrected chi connectivity index (χ4v) is 3.41. The minimum atomic E-state index is -0.0280. The molecule has 1 aliphatic rings. The first-order chi connectivity index (χ1) is 8.81. The summed E-state index contributed by atoms with van der Waals surface area (Å²) in [6.45, 7) is -0.0280. The molecule has 2 nitrogen and oxygen atoms in total. The van der Waals surface area contributed by atoms with Gasteiger partial charge < -0.3 is 5.11 Å². The Bertz CT molecular complexity index is 620. The van der Waals surface area contributed by atoms with Crippen molar-refractivity contribution in [3.63, 3.8) is 0 Å². The molecular weight excluding hydrogens is 244 g/mol. The third kappa shape index (κ3) is 1.76. The maximum Gasteiger partial charge on any atom is 0.194 e. The van der Waals surface area contributed by atoms with Gasteiger partial charge in [0.1, 0.15) is 0 Å². The Morgan fingerprint density at radius 3 is 2.67 bits per heavy atom. The summed E-state index contributed by atoms with van der Waals surface area (Å²) in [5.74, 6) is 0.826. The summed E-state index contributed by atoms with van der Waals surface area (Å²) < 4.78 is 0. The summed E-state index contributed by atoms with van der Waals surface area (Å²) in [5.41, 5.74) is 3.38. The number of benzene rings is 2. The van der Waals surface area contributed by atoms with Crippen molar-refractivity contribution < 1.29 is 9.90 Å². The number of hydrogen-bond donors (Lipinski definition) is 1. The van der Waals surface area contributed by atoms with Crippen molar-refractivity contribution in [3.8, 4) is 0 Å². The molecule has 2 aromatic carbocycles. The first-order valence-corrected chi connectivity index (χ1v) is 6.78. The second-order valence-electron chi connectivity index (χ2n) is 4.23. The van der Waals surface area contributed by atoms with Gasteiger partial charge in [-0.2, -0.15) is 0 Å². The summed E-state index contributed by atoms with van der Waals surface area (Å²) >= 11 is 1.63. The fourth-order valence-electron chi connectivity index (χ4n) is 2.22. The van der Waals surface area contributed by atoms with E-state index in [-0.39, 0.29) is 12.4 Å². The van der Waals surface area contributed by atoms with Crippen LogP contribution in [0.25, 0.3) is 0 Å². The lowest BCUT2D eigenvalue weighted by molar-refractivity contribution is 0.103. The number of carbonyl (C=O) groups excluding carboxylic acids is 1. The number of fused-ring (bicyclic) bond motifs is 2. The van der Waals surface area contributed by atoms with Crippen LogP contribution in [0, 0.1) is 0 Å². The Labute approximate surface area is 110 Å². The monoisotopic (exact) mass is 256 g/mol. The zero-order chi connectivity index (χ0) is 12.5. The molecule has 0 fully saturated rings. The number of aliphatic hydroxyl groups is 1. The second kappa shape index (κ2) is 4.59. The highest BCUT2D eigenvalue weighted by Gasteiger charge is 2.22. The molecule has 3 heteroatoms. The van der Waals surface area contributed by atoms with E-state index in [9.17, 15) is 9.90 Å². The SMILES string of the molecule is O=C1c2ccccc2CSc2c(CO)cccc21. The van der Waals surface area contributed by atoms with Gasteiger partial charge in [-0.3, -0.25) is 4.79 Å². The summed E-state index contributed by atoms with van der Waals surface area (Å²) in [5, 5.41) is 9.36. The van der Waals surface area contributed by atoms with E-state index >= 15 is 0 Å². The molecule has 0 amide bonds. The zero-order valence-corrected chi connectivity index (χ0v) is 10.5. The molecule has 0 aromatic heterocycles. The van der Waals surface area contributed by atoms with Crippen molar-refractivity contribution >= 4 is 17.5 Å². The van der Waals surface area contributed by atoms with E-state index in [4.69, 9.17) is 0 Å². The molecule has 0 atom stereocenters. The highest BCUT2D eigenvalue weighted by Crippen LogP contribution is 2.35. The van der Waals surface area contributed by atoms with Gasteiger partial charge in [-0.15, -0.1) is 11.8 Å². The van der Waals surface area contributed by atoms with Crippen LogP contribution in [0.15, 0.2) is 47.4 Å². The number of ketones is 1.